The van der Waals surface area contributed by atoms with Crippen molar-refractivity contribution in [3.8, 4) is 0 Å². The lowest BCUT2D eigenvalue weighted by Crippen LogP contribution is -2.56. The van der Waals surface area contributed by atoms with Crippen LogP contribution in [0.15, 0.2) is 0 Å². The maximum absolute atomic E-state index is 12.3. The lowest BCUT2D eigenvalue weighted by molar-refractivity contribution is -0.128. The van der Waals surface area contributed by atoms with Crippen molar-refractivity contribution in [1.29, 1.82) is 0 Å². The van der Waals surface area contributed by atoms with E-state index in [1.807, 2.05) is 20.8 Å². The summed E-state index contributed by atoms with van der Waals surface area (Å²) in [4.78, 5) is 24.3. The molecule has 1 aliphatic heterocycles. The van der Waals surface area contributed by atoms with E-state index < -0.39 is 20.0 Å². The zero-order valence-electron chi connectivity index (χ0n) is 16.4. The van der Waals surface area contributed by atoms with E-state index in [9.17, 15) is 9.59 Å². The molecule has 24 heavy (non-hydrogen) atoms. The van der Waals surface area contributed by atoms with Gasteiger partial charge in [0.1, 0.15) is 5.60 Å². The molecule has 1 heterocycles. The van der Waals surface area contributed by atoms with Crippen molar-refractivity contribution < 1.29 is 18.8 Å². The van der Waals surface area contributed by atoms with E-state index in [0.717, 1.165) is 0 Å². The number of rotatable bonds is 4. The monoisotopic (exact) mass is 358 g/mol. The summed E-state index contributed by atoms with van der Waals surface area (Å²) < 4.78 is 11.5. The summed E-state index contributed by atoms with van der Waals surface area (Å²) in [6, 6.07) is -0.265. The average molecular weight is 359 g/mol. The van der Waals surface area contributed by atoms with Crippen LogP contribution in [0.5, 0.6) is 0 Å². The molecule has 0 aromatic carbocycles. The molecule has 0 spiro atoms. The standard InChI is InChI=1S/C17H34N2O4Si/c1-16(2,3)23-15(21)19-13-9-10-18-14(20)12(13)11-22-24(7,8)17(4,5)6/h12-13H,9-11H2,1-8H3,(H,18,20)(H,19,21)/t12?,13-/m1/s1. The van der Waals surface area contributed by atoms with Crippen LogP contribution in [-0.4, -0.2) is 45.1 Å². The summed E-state index contributed by atoms with van der Waals surface area (Å²) in [7, 11) is -1.95. The summed E-state index contributed by atoms with van der Waals surface area (Å²) in [5.74, 6) is -0.457. The molecule has 2 atom stereocenters. The molecular formula is C17H34N2O4Si. The summed E-state index contributed by atoms with van der Waals surface area (Å²) in [5, 5.41) is 5.78. The van der Waals surface area contributed by atoms with Crippen LogP contribution in [0.2, 0.25) is 18.1 Å². The predicted octanol–water partition coefficient (Wildman–Crippen LogP) is 3.04. The predicted molar refractivity (Wildman–Crippen MR) is 97.4 cm³/mol. The van der Waals surface area contributed by atoms with Gasteiger partial charge in [-0.3, -0.25) is 4.79 Å². The number of ether oxygens (including phenoxy) is 1. The first-order valence-electron chi connectivity index (χ1n) is 8.64. The van der Waals surface area contributed by atoms with E-state index in [1.54, 1.807) is 0 Å². The van der Waals surface area contributed by atoms with E-state index >= 15 is 0 Å². The second-order valence-corrected chi connectivity index (χ2v) is 13.8. The Morgan fingerprint density at radius 2 is 1.83 bits per heavy atom. The van der Waals surface area contributed by atoms with Crippen LogP contribution in [0.25, 0.3) is 0 Å². The Balaban J connectivity index is 2.73. The third-order valence-corrected chi connectivity index (χ3v) is 9.21. The third kappa shape index (κ3) is 6.09. The first kappa shape index (κ1) is 21.0. The Bertz CT molecular complexity index is 466. The topological polar surface area (TPSA) is 76.7 Å². The largest absolute Gasteiger partial charge is 0.444 e. The van der Waals surface area contributed by atoms with E-state index in [1.165, 1.54) is 0 Å². The van der Waals surface area contributed by atoms with Crippen LogP contribution in [0.1, 0.15) is 48.0 Å². The molecule has 0 aromatic heterocycles. The van der Waals surface area contributed by atoms with Gasteiger partial charge in [-0.25, -0.2) is 4.79 Å². The number of alkyl carbamates (subject to hydrolysis) is 1. The van der Waals surface area contributed by atoms with Crippen molar-refractivity contribution in [2.24, 2.45) is 5.92 Å². The molecule has 0 aliphatic carbocycles. The zero-order chi connectivity index (χ0) is 18.8. The average Bonchev–Trinajstić information content (AvgIpc) is 2.34. The van der Waals surface area contributed by atoms with Crippen LogP contribution in [0, 0.1) is 5.92 Å². The van der Waals surface area contributed by atoms with Gasteiger partial charge < -0.3 is 19.8 Å². The first-order valence-corrected chi connectivity index (χ1v) is 11.5. The van der Waals surface area contributed by atoms with Gasteiger partial charge >= 0.3 is 6.09 Å². The Kier molecular flexibility index (Phi) is 6.49. The fourth-order valence-corrected chi connectivity index (χ4v) is 3.23. The van der Waals surface area contributed by atoms with Crippen molar-refractivity contribution in [2.75, 3.05) is 13.2 Å². The van der Waals surface area contributed by atoms with Gasteiger partial charge in [-0.15, -0.1) is 0 Å². The highest BCUT2D eigenvalue weighted by Crippen LogP contribution is 2.37. The maximum atomic E-state index is 12.3. The van der Waals surface area contributed by atoms with Crippen LogP contribution in [0.3, 0.4) is 0 Å². The van der Waals surface area contributed by atoms with E-state index in [-0.39, 0.29) is 22.9 Å². The Morgan fingerprint density at radius 3 is 2.33 bits per heavy atom. The van der Waals surface area contributed by atoms with Crippen molar-refractivity contribution >= 4 is 20.3 Å². The first-order chi connectivity index (χ1) is 10.7. The molecule has 1 fully saturated rings. The molecule has 7 heteroatoms. The number of piperidine rings is 1. The fourth-order valence-electron chi connectivity index (χ4n) is 2.20. The highest BCUT2D eigenvalue weighted by atomic mass is 28.4. The third-order valence-electron chi connectivity index (χ3n) is 4.71. The lowest BCUT2D eigenvalue weighted by Gasteiger charge is -2.39. The summed E-state index contributed by atoms with van der Waals surface area (Å²) in [5.41, 5.74) is -0.561. The molecule has 2 amide bonds. The molecule has 0 saturated carbocycles. The number of hydrogen-bond donors (Lipinski definition) is 2. The summed E-state index contributed by atoms with van der Waals surface area (Å²) in [6.07, 6.45) is 0.191. The number of amides is 2. The van der Waals surface area contributed by atoms with Crippen molar-refractivity contribution in [2.45, 2.75) is 77.7 Å². The molecule has 1 aliphatic rings. The van der Waals surface area contributed by atoms with Gasteiger partial charge in [0.05, 0.1) is 5.92 Å². The molecular weight excluding hydrogens is 324 g/mol. The quantitative estimate of drug-likeness (QED) is 0.757. The van der Waals surface area contributed by atoms with Gasteiger partial charge in [0.2, 0.25) is 5.91 Å². The molecule has 6 nitrogen and oxygen atoms in total. The summed E-state index contributed by atoms with van der Waals surface area (Å²) >= 11 is 0. The highest BCUT2D eigenvalue weighted by molar-refractivity contribution is 6.74. The second-order valence-electron chi connectivity index (χ2n) is 9.01. The van der Waals surface area contributed by atoms with E-state index in [2.05, 4.69) is 44.5 Å². The van der Waals surface area contributed by atoms with Gasteiger partial charge in [0.25, 0.3) is 0 Å². The van der Waals surface area contributed by atoms with Crippen molar-refractivity contribution in [1.82, 2.24) is 10.6 Å². The van der Waals surface area contributed by atoms with Crippen LogP contribution in [0.4, 0.5) is 4.79 Å². The van der Waals surface area contributed by atoms with Crippen LogP contribution < -0.4 is 10.6 Å². The van der Waals surface area contributed by atoms with Gasteiger partial charge in [0, 0.05) is 19.2 Å². The number of nitrogens with one attached hydrogen (secondary N) is 2. The highest BCUT2D eigenvalue weighted by Gasteiger charge is 2.40. The lowest BCUT2D eigenvalue weighted by atomic mass is 9.93. The van der Waals surface area contributed by atoms with Crippen LogP contribution >= 0.6 is 0 Å². The Labute approximate surface area is 147 Å². The van der Waals surface area contributed by atoms with Gasteiger partial charge in [-0.05, 0) is 45.3 Å². The maximum Gasteiger partial charge on any atom is 0.407 e. The minimum atomic E-state index is -1.95. The van der Waals surface area contributed by atoms with Gasteiger partial charge in [-0.2, -0.15) is 0 Å². The molecule has 0 bridgehead atoms. The summed E-state index contributed by atoms with van der Waals surface area (Å²) in [6.45, 7) is 17.1. The molecule has 140 valence electrons. The molecule has 2 N–H and O–H groups in total. The fraction of sp³-hybridized carbons (Fsp3) is 0.882. The van der Waals surface area contributed by atoms with Gasteiger partial charge in [0.15, 0.2) is 8.32 Å². The second kappa shape index (κ2) is 7.43. The van der Waals surface area contributed by atoms with E-state index in [0.29, 0.717) is 19.6 Å². The number of carbonyl (C=O) groups excluding carboxylic acids is 2. The molecule has 0 radical (unpaired) electrons. The smallest absolute Gasteiger partial charge is 0.407 e. The normalized spacial score (nSPS) is 22.8. The Morgan fingerprint density at radius 1 is 1.25 bits per heavy atom. The van der Waals surface area contributed by atoms with Crippen molar-refractivity contribution in [3.63, 3.8) is 0 Å². The number of hydrogen-bond acceptors (Lipinski definition) is 4. The Hall–Kier alpha value is -1.08. The molecule has 1 saturated heterocycles. The van der Waals surface area contributed by atoms with E-state index in [4.69, 9.17) is 9.16 Å². The molecule has 1 unspecified atom stereocenters. The van der Waals surface area contributed by atoms with Gasteiger partial charge in [-0.1, -0.05) is 20.8 Å². The SMILES string of the molecule is CC(C)(C)OC(=O)N[C@@H]1CCNC(=O)C1CO[Si](C)(C)C(C)(C)C. The molecule has 1 rings (SSSR count). The number of carbonyl (C=O) groups is 2. The van der Waals surface area contributed by atoms with Crippen LogP contribution in [-0.2, 0) is 14.0 Å². The minimum absolute atomic E-state index is 0.0685. The molecule has 0 aromatic rings. The van der Waals surface area contributed by atoms with Crippen molar-refractivity contribution in [3.05, 3.63) is 0 Å². The zero-order valence-corrected chi connectivity index (χ0v) is 17.4. The minimum Gasteiger partial charge on any atom is -0.444 e.